The maximum atomic E-state index is 5.51. The van der Waals surface area contributed by atoms with Crippen LogP contribution in [0.3, 0.4) is 0 Å². The second-order valence-corrected chi connectivity index (χ2v) is 5.22. The Morgan fingerprint density at radius 1 is 1.19 bits per heavy atom. The number of benzene rings is 1. The van der Waals surface area contributed by atoms with Crippen LogP contribution in [-0.4, -0.2) is 21.4 Å². The van der Waals surface area contributed by atoms with Crippen molar-refractivity contribution in [1.29, 1.82) is 0 Å². The van der Waals surface area contributed by atoms with Crippen molar-refractivity contribution in [3.63, 3.8) is 0 Å². The Labute approximate surface area is 126 Å². The lowest BCUT2D eigenvalue weighted by Gasteiger charge is -2.12. The van der Waals surface area contributed by atoms with Gasteiger partial charge in [0.25, 0.3) is 0 Å². The van der Waals surface area contributed by atoms with E-state index in [-0.39, 0.29) is 0 Å². The molecule has 2 aromatic rings. The topological polar surface area (TPSA) is 52.0 Å². The number of nitrogens with zero attached hydrogens (tertiary/aromatic N) is 3. The van der Waals surface area contributed by atoms with Gasteiger partial charge in [0.05, 0.1) is 13.2 Å². The lowest BCUT2D eigenvalue weighted by atomic mass is 10.1. The third-order valence-electron chi connectivity index (χ3n) is 3.32. The maximum Gasteiger partial charge on any atom is 0.141 e. The molecule has 0 saturated carbocycles. The van der Waals surface area contributed by atoms with Crippen LogP contribution in [0, 0.1) is 0 Å². The molecule has 21 heavy (non-hydrogen) atoms. The van der Waals surface area contributed by atoms with Gasteiger partial charge in [0.2, 0.25) is 0 Å². The molecule has 2 rings (SSSR count). The van der Waals surface area contributed by atoms with Crippen LogP contribution in [-0.2, 0) is 24.4 Å². The number of nitrogens with one attached hydrogen (secondary N) is 1. The lowest BCUT2D eigenvalue weighted by Crippen LogP contribution is -2.19. The Hall–Kier alpha value is -1.72. The Bertz CT molecular complexity index is 551. The van der Waals surface area contributed by atoms with E-state index in [2.05, 4.69) is 47.4 Å². The summed E-state index contributed by atoms with van der Waals surface area (Å²) >= 11 is 0. The molecule has 0 bridgehead atoms. The highest BCUT2D eigenvalue weighted by molar-refractivity contribution is 5.26. The van der Waals surface area contributed by atoms with Crippen LogP contribution in [0.4, 0.5) is 0 Å². The molecule has 0 aliphatic carbocycles. The molecule has 0 amide bonds. The first kappa shape index (κ1) is 15.7. The van der Waals surface area contributed by atoms with Crippen molar-refractivity contribution < 1.29 is 4.74 Å². The summed E-state index contributed by atoms with van der Waals surface area (Å²) in [6.07, 6.45) is 1.61. The van der Waals surface area contributed by atoms with Crippen LogP contribution < -0.4 is 5.32 Å². The van der Waals surface area contributed by atoms with Crippen molar-refractivity contribution in [3.8, 4) is 0 Å². The molecule has 0 atom stereocenters. The van der Waals surface area contributed by atoms with Crippen LogP contribution in [0.5, 0.6) is 0 Å². The van der Waals surface area contributed by atoms with E-state index < -0.39 is 0 Å². The van der Waals surface area contributed by atoms with Crippen molar-refractivity contribution in [1.82, 2.24) is 20.1 Å². The minimum Gasteiger partial charge on any atom is -0.377 e. The van der Waals surface area contributed by atoms with E-state index in [1.54, 1.807) is 6.33 Å². The maximum absolute atomic E-state index is 5.51. The van der Waals surface area contributed by atoms with Crippen molar-refractivity contribution in [2.75, 3.05) is 6.61 Å². The molecule has 1 heterocycles. The van der Waals surface area contributed by atoms with Crippen LogP contribution >= 0.6 is 0 Å². The van der Waals surface area contributed by atoms with E-state index in [1.165, 1.54) is 11.1 Å². The number of ether oxygens (including phenoxy) is 1. The van der Waals surface area contributed by atoms with E-state index in [0.29, 0.717) is 19.2 Å². The fourth-order valence-corrected chi connectivity index (χ4v) is 2.22. The monoisotopic (exact) mass is 288 g/mol. The molecule has 114 valence electrons. The number of hydrogen-bond donors (Lipinski definition) is 1. The summed E-state index contributed by atoms with van der Waals surface area (Å²) in [6.45, 7) is 9.13. The quantitative estimate of drug-likeness (QED) is 0.811. The zero-order chi connectivity index (χ0) is 15.1. The third-order valence-corrected chi connectivity index (χ3v) is 3.32. The zero-order valence-electron chi connectivity index (χ0n) is 13.0. The second-order valence-electron chi connectivity index (χ2n) is 5.22. The van der Waals surface area contributed by atoms with Crippen LogP contribution in [0.25, 0.3) is 0 Å². The van der Waals surface area contributed by atoms with E-state index in [0.717, 1.165) is 19.0 Å². The minimum atomic E-state index is 0.328. The number of rotatable bonds is 8. The van der Waals surface area contributed by atoms with Gasteiger partial charge in [-0.25, -0.2) is 9.67 Å². The van der Waals surface area contributed by atoms with Gasteiger partial charge in [-0.1, -0.05) is 24.3 Å². The van der Waals surface area contributed by atoms with Gasteiger partial charge in [0.1, 0.15) is 12.2 Å². The summed E-state index contributed by atoms with van der Waals surface area (Å²) in [4.78, 5) is 4.31. The Kier molecular flexibility index (Phi) is 5.90. The minimum absolute atomic E-state index is 0.328. The van der Waals surface area contributed by atoms with Crippen molar-refractivity contribution in [2.24, 2.45) is 0 Å². The largest absolute Gasteiger partial charge is 0.377 e. The first-order valence-electron chi connectivity index (χ1n) is 7.46. The Morgan fingerprint density at radius 3 is 2.67 bits per heavy atom. The molecular weight excluding hydrogens is 264 g/mol. The highest BCUT2D eigenvalue weighted by Gasteiger charge is 2.07. The summed E-state index contributed by atoms with van der Waals surface area (Å²) in [5.74, 6) is 0.965. The first-order valence-corrected chi connectivity index (χ1v) is 7.46. The second kappa shape index (κ2) is 7.90. The third kappa shape index (κ3) is 4.37. The molecule has 0 spiro atoms. The van der Waals surface area contributed by atoms with E-state index >= 15 is 0 Å². The van der Waals surface area contributed by atoms with Gasteiger partial charge in [-0.2, -0.15) is 5.10 Å². The predicted octanol–water partition coefficient (Wildman–Crippen LogP) is 2.69. The average molecular weight is 288 g/mol. The van der Waals surface area contributed by atoms with Crippen molar-refractivity contribution in [2.45, 2.75) is 46.5 Å². The molecule has 5 nitrogen and oxygen atoms in total. The summed E-state index contributed by atoms with van der Waals surface area (Å²) in [5, 5.41) is 7.68. The van der Waals surface area contributed by atoms with E-state index in [4.69, 9.17) is 4.74 Å². The highest BCUT2D eigenvalue weighted by Crippen LogP contribution is 2.11. The predicted molar refractivity (Wildman–Crippen MR) is 82.7 cm³/mol. The molecule has 0 saturated heterocycles. The number of aromatic nitrogens is 3. The van der Waals surface area contributed by atoms with Gasteiger partial charge in [-0.15, -0.1) is 0 Å². The summed E-state index contributed by atoms with van der Waals surface area (Å²) < 4.78 is 7.45. The summed E-state index contributed by atoms with van der Waals surface area (Å²) in [5.41, 5.74) is 2.50. The van der Waals surface area contributed by atoms with Gasteiger partial charge in [0.15, 0.2) is 0 Å². The molecule has 1 aromatic heterocycles. The van der Waals surface area contributed by atoms with Crippen molar-refractivity contribution in [3.05, 3.63) is 47.5 Å². The van der Waals surface area contributed by atoms with Crippen LogP contribution in [0.15, 0.2) is 30.6 Å². The molecule has 1 N–H and O–H groups in total. The van der Waals surface area contributed by atoms with Crippen molar-refractivity contribution >= 4 is 0 Å². The van der Waals surface area contributed by atoms with Gasteiger partial charge in [-0.3, -0.25) is 0 Å². The van der Waals surface area contributed by atoms with Gasteiger partial charge >= 0.3 is 0 Å². The molecule has 1 aromatic carbocycles. The zero-order valence-corrected chi connectivity index (χ0v) is 13.0. The molecular formula is C16H24N4O. The van der Waals surface area contributed by atoms with Crippen LogP contribution in [0.2, 0.25) is 0 Å². The van der Waals surface area contributed by atoms with E-state index in [9.17, 15) is 0 Å². The highest BCUT2D eigenvalue weighted by atomic mass is 16.5. The average Bonchev–Trinajstić information content (AvgIpc) is 2.95. The Balaban J connectivity index is 1.92. The molecule has 0 radical (unpaired) electrons. The van der Waals surface area contributed by atoms with E-state index in [1.807, 2.05) is 17.7 Å². The number of hydrogen-bond acceptors (Lipinski definition) is 4. The molecule has 0 fully saturated rings. The fourth-order valence-electron chi connectivity index (χ4n) is 2.22. The summed E-state index contributed by atoms with van der Waals surface area (Å²) in [6, 6.07) is 8.68. The normalized spacial score (nSPS) is 11.2. The van der Waals surface area contributed by atoms with Gasteiger partial charge in [-0.05, 0) is 31.9 Å². The molecule has 0 aliphatic heterocycles. The lowest BCUT2D eigenvalue weighted by molar-refractivity contribution is 0.133. The van der Waals surface area contributed by atoms with Gasteiger partial charge < -0.3 is 10.1 Å². The first-order chi connectivity index (χ1) is 10.2. The SMILES string of the molecule is CCOCc1ccccc1CNCc1ncnn1C(C)C. The summed E-state index contributed by atoms with van der Waals surface area (Å²) in [7, 11) is 0. The molecule has 0 aliphatic rings. The smallest absolute Gasteiger partial charge is 0.141 e. The molecule has 0 unspecified atom stereocenters. The van der Waals surface area contributed by atoms with Crippen LogP contribution in [0.1, 0.15) is 43.8 Å². The van der Waals surface area contributed by atoms with Gasteiger partial charge in [0, 0.05) is 19.2 Å². The molecule has 5 heteroatoms. The standard InChI is InChI=1S/C16H24N4O/c1-4-21-11-15-8-6-5-7-14(15)9-17-10-16-18-12-19-20(16)13(2)3/h5-8,12-13,17H,4,9-11H2,1-3H3. The fraction of sp³-hybridized carbons (Fsp3) is 0.500. The Morgan fingerprint density at radius 2 is 1.95 bits per heavy atom.